The summed E-state index contributed by atoms with van der Waals surface area (Å²) in [7, 11) is 0. The molecule has 1 fully saturated rings. The molecule has 1 aromatic heterocycles. The largest absolute Gasteiger partial charge is 0.317 e. The Hall–Kier alpha value is -1.03. The fourth-order valence-corrected chi connectivity index (χ4v) is 4.20. The number of hydrogen-bond donors (Lipinski definition) is 1. The Morgan fingerprint density at radius 3 is 2.39 bits per heavy atom. The minimum absolute atomic E-state index is 0.0166. The van der Waals surface area contributed by atoms with Crippen molar-refractivity contribution in [3.63, 3.8) is 0 Å². The molecule has 1 aliphatic heterocycles. The SMILES string of the molecule is Cc1cc(C)n([C@@H](C)C2(c3ccc(Cl)c(Cl)c3)CCNCC2)n1. The first kappa shape index (κ1) is 16.8. The molecule has 0 amide bonds. The van der Waals surface area contributed by atoms with Crippen molar-refractivity contribution in [2.75, 3.05) is 13.1 Å². The Morgan fingerprint density at radius 1 is 1.13 bits per heavy atom. The lowest BCUT2D eigenvalue weighted by Gasteiger charge is -2.43. The molecule has 1 N–H and O–H groups in total. The molecule has 1 aromatic carbocycles. The maximum atomic E-state index is 6.31. The summed E-state index contributed by atoms with van der Waals surface area (Å²) in [6.45, 7) is 8.45. The number of nitrogens with one attached hydrogen (secondary N) is 1. The Labute approximate surface area is 148 Å². The van der Waals surface area contributed by atoms with Gasteiger partial charge in [-0.05, 0) is 70.5 Å². The maximum Gasteiger partial charge on any atom is 0.0596 e. The van der Waals surface area contributed by atoms with Crippen molar-refractivity contribution in [1.29, 1.82) is 0 Å². The summed E-state index contributed by atoms with van der Waals surface area (Å²) in [5.41, 5.74) is 3.54. The molecule has 124 valence electrons. The quantitative estimate of drug-likeness (QED) is 0.869. The van der Waals surface area contributed by atoms with E-state index < -0.39 is 0 Å². The second-order valence-electron chi connectivity index (χ2n) is 6.58. The summed E-state index contributed by atoms with van der Waals surface area (Å²) in [5.74, 6) is 0. The molecule has 2 aromatic rings. The van der Waals surface area contributed by atoms with Crippen LogP contribution in [0.2, 0.25) is 10.0 Å². The van der Waals surface area contributed by atoms with Gasteiger partial charge in [-0.2, -0.15) is 5.10 Å². The van der Waals surface area contributed by atoms with Gasteiger partial charge in [-0.25, -0.2) is 0 Å². The fourth-order valence-electron chi connectivity index (χ4n) is 3.90. The molecule has 1 atom stereocenters. The molecule has 3 nitrogen and oxygen atoms in total. The summed E-state index contributed by atoms with van der Waals surface area (Å²) >= 11 is 12.4. The van der Waals surface area contributed by atoms with Crippen LogP contribution in [0.1, 0.15) is 42.8 Å². The van der Waals surface area contributed by atoms with Crippen molar-refractivity contribution in [2.24, 2.45) is 0 Å². The van der Waals surface area contributed by atoms with Gasteiger partial charge in [-0.15, -0.1) is 0 Å². The van der Waals surface area contributed by atoms with Crippen LogP contribution in [-0.2, 0) is 5.41 Å². The van der Waals surface area contributed by atoms with E-state index in [2.05, 4.69) is 36.0 Å². The third-order valence-electron chi connectivity index (χ3n) is 5.20. The molecule has 0 radical (unpaired) electrons. The fraction of sp³-hybridized carbons (Fsp3) is 0.500. The Morgan fingerprint density at radius 2 is 1.83 bits per heavy atom. The predicted octanol–water partition coefficient (Wildman–Crippen LogP) is 4.69. The molecule has 1 saturated heterocycles. The van der Waals surface area contributed by atoms with Crippen molar-refractivity contribution in [1.82, 2.24) is 15.1 Å². The second-order valence-corrected chi connectivity index (χ2v) is 7.40. The van der Waals surface area contributed by atoms with Crippen molar-refractivity contribution in [3.8, 4) is 0 Å². The summed E-state index contributed by atoms with van der Waals surface area (Å²) in [6, 6.07) is 8.48. The molecule has 0 saturated carbocycles. The van der Waals surface area contributed by atoms with E-state index in [1.165, 1.54) is 11.3 Å². The van der Waals surface area contributed by atoms with Crippen molar-refractivity contribution in [2.45, 2.75) is 45.1 Å². The second kappa shape index (κ2) is 6.46. The van der Waals surface area contributed by atoms with Gasteiger partial charge in [0.05, 0.1) is 21.8 Å². The number of hydrogen-bond acceptors (Lipinski definition) is 2. The third-order valence-corrected chi connectivity index (χ3v) is 5.94. The number of nitrogens with zero attached hydrogens (tertiary/aromatic N) is 2. The topological polar surface area (TPSA) is 29.9 Å². The molecular weight excluding hydrogens is 329 g/mol. The standard InChI is InChI=1S/C18H23Cl2N3/c1-12-10-13(2)23(22-12)14(3)18(6-8-21-9-7-18)15-4-5-16(19)17(20)11-15/h4-5,10-11,14,21H,6-9H2,1-3H3/t14-/m0/s1. The number of aryl methyl sites for hydroxylation is 2. The van der Waals surface area contributed by atoms with Crippen molar-refractivity contribution >= 4 is 23.2 Å². The zero-order valence-corrected chi connectivity index (χ0v) is 15.4. The van der Waals surface area contributed by atoms with Crippen LogP contribution < -0.4 is 5.32 Å². The maximum absolute atomic E-state index is 6.31. The Kier molecular flexibility index (Phi) is 4.73. The lowest BCUT2D eigenvalue weighted by Crippen LogP contribution is -2.45. The average molecular weight is 352 g/mol. The highest BCUT2D eigenvalue weighted by molar-refractivity contribution is 6.42. The highest BCUT2D eigenvalue weighted by Crippen LogP contribution is 2.44. The molecule has 23 heavy (non-hydrogen) atoms. The highest BCUT2D eigenvalue weighted by Gasteiger charge is 2.41. The van der Waals surface area contributed by atoms with Gasteiger partial charge in [0.25, 0.3) is 0 Å². The van der Waals surface area contributed by atoms with E-state index in [1.807, 2.05) is 19.1 Å². The number of aromatic nitrogens is 2. The molecule has 5 heteroatoms. The lowest BCUT2D eigenvalue weighted by molar-refractivity contribution is 0.201. The summed E-state index contributed by atoms with van der Waals surface area (Å²) in [5, 5.41) is 9.44. The molecule has 1 aliphatic rings. The van der Waals surface area contributed by atoms with Crippen LogP contribution in [0.5, 0.6) is 0 Å². The number of piperidine rings is 1. The first-order valence-corrected chi connectivity index (χ1v) is 8.88. The molecule has 0 aliphatic carbocycles. The molecule has 2 heterocycles. The number of rotatable bonds is 3. The summed E-state index contributed by atoms with van der Waals surface area (Å²) in [6.07, 6.45) is 2.12. The van der Waals surface area contributed by atoms with E-state index >= 15 is 0 Å². The Balaban J connectivity index is 2.09. The van der Waals surface area contributed by atoms with Crippen LogP contribution in [-0.4, -0.2) is 22.9 Å². The molecular formula is C18H23Cl2N3. The van der Waals surface area contributed by atoms with Crippen LogP contribution in [0.4, 0.5) is 0 Å². The molecule has 0 spiro atoms. The first-order valence-electron chi connectivity index (χ1n) is 8.13. The lowest BCUT2D eigenvalue weighted by atomic mass is 9.68. The number of benzene rings is 1. The third kappa shape index (κ3) is 3.02. The summed E-state index contributed by atoms with van der Waals surface area (Å²) < 4.78 is 2.17. The number of halogens is 2. The van der Waals surface area contributed by atoms with Gasteiger partial charge in [0.1, 0.15) is 0 Å². The van der Waals surface area contributed by atoms with Gasteiger partial charge in [0.2, 0.25) is 0 Å². The van der Waals surface area contributed by atoms with Gasteiger partial charge in [0, 0.05) is 11.1 Å². The first-order chi connectivity index (χ1) is 10.9. The average Bonchev–Trinajstić information content (AvgIpc) is 2.88. The molecule has 0 bridgehead atoms. The van der Waals surface area contributed by atoms with Gasteiger partial charge >= 0.3 is 0 Å². The summed E-state index contributed by atoms with van der Waals surface area (Å²) in [4.78, 5) is 0. The van der Waals surface area contributed by atoms with Crippen molar-refractivity contribution < 1.29 is 0 Å². The van der Waals surface area contributed by atoms with E-state index in [4.69, 9.17) is 28.3 Å². The molecule has 3 rings (SSSR count). The van der Waals surface area contributed by atoms with Crippen LogP contribution in [0.25, 0.3) is 0 Å². The van der Waals surface area contributed by atoms with Crippen LogP contribution in [0, 0.1) is 13.8 Å². The van der Waals surface area contributed by atoms with Gasteiger partial charge in [-0.1, -0.05) is 29.3 Å². The highest BCUT2D eigenvalue weighted by atomic mass is 35.5. The normalized spacial score (nSPS) is 18.8. The zero-order valence-electron chi connectivity index (χ0n) is 13.9. The van der Waals surface area contributed by atoms with Gasteiger partial charge < -0.3 is 5.32 Å². The predicted molar refractivity (Wildman–Crippen MR) is 96.7 cm³/mol. The van der Waals surface area contributed by atoms with Gasteiger partial charge in [-0.3, -0.25) is 4.68 Å². The van der Waals surface area contributed by atoms with Crippen LogP contribution in [0.3, 0.4) is 0 Å². The van der Waals surface area contributed by atoms with Crippen LogP contribution in [0.15, 0.2) is 24.3 Å². The smallest absolute Gasteiger partial charge is 0.0596 e. The van der Waals surface area contributed by atoms with E-state index in [1.54, 1.807) is 0 Å². The monoisotopic (exact) mass is 351 g/mol. The van der Waals surface area contributed by atoms with E-state index in [-0.39, 0.29) is 11.5 Å². The van der Waals surface area contributed by atoms with Gasteiger partial charge in [0.15, 0.2) is 0 Å². The minimum Gasteiger partial charge on any atom is -0.317 e. The minimum atomic E-state index is 0.0166. The molecule has 0 unspecified atom stereocenters. The zero-order chi connectivity index (χ0) is 16.6. The van der Waals surface area contributed by atoms with Crippen molar-refractivity contribution in [3.05, 3.63) is 51.3 Å². The van der Waals surface area contributed by atoms with E-state index in [9.17, 15) is 0 Å². The van der Waals surface area contributed by atoms with E-state index in [0.717, 1.165) is 31.6 Å². The Bertz CT molecular complexity index is 702. The van der Waals surface area contributed by atoms with Crippen LogP contribution >= 0.6 is 23.2 Å². The van der Waals surface area contributed by atoms with E-state index in [0.29, 0.717) is 10.0 Å².